The predicted octanol–water partition coefficient (Wildman–Crippen LogP) is 3.51. The first kappa shape index (κ1) is 15.0. The third-order valence-electron chi connectivity index (χ3n) is 3.63. The maximum Gasteiger partial charge on any atom is 0.122 e. The minimum absolute atomic E-state index is 0.682. The van der Waals surface area contributed by atoms with Crippen LogP contribution in [0.1, 0.15) is 32.3 Å². The number of hydrogen-bond donors (Lipinski definition) is 1. The highest BCUT2D eigenvalue weighted by Gasteiger charge is 2.14. The molecule has 1 rings (SSSR count). The number of benzene rings is 1. The fraction of sp³-hybridized carbons (Fsp3) is 0.625. The van der Waals surface area contributed by atoms with Crippen molar-refractivity contribution < 1.29 is 4.74 Å². The first-order valence-electron chi connectivity index (χ1n) is 6.97. The molecule has 0 aromatic heterocycles. The summed E-state index contributed by atoms with van der Waals surface area (Å²) in [5, 5.41) is 3.31. The van der Waals surface area contributed by atoms with Gasteiger partial charge in [-0.15, -0.1) is 0 Å². The lowest BCUT2D eigenvalue weighted by Gasteiger charge is -2.21. The number of rotatable bonds is 8. The largest absolute Gasteiger partial charge is 0.496 e. The summed E-state index contributed by atoms with van der Waals surface area (Å²) in [6, 6.07) is 8.36. The second-order valence-electron chi connectivity index (χ2n) is 5.19. The average Bonchev–Trinajstić information content (AvgIpc) is 2.39. The van der Waals surface area contributed by atoms with Crippen LogP contribution in [0.25, 0.3) is 0 Å². The summed E-state index contributed by atoms with van der Waals surface area (Å²) in [5.74, 6) is 2.49. The molecule has 2 atom stereocenters. The maximum absolute atomic E-state index is 5.44. The molecule has 2 nitrogen and oxygen atoms in total. The maximum atomic E-state index is 5.44. The Morgan fingerprint density at radius 3 is 2.61 bits per heavy atom. The van der Waals surface area contributed by atoms with Crippen molar-refractivity contribution in [2.45, 2.75) is 33.1 Å². The average molecular weight is 249 g/mol. The van der Waals surface area contributed by atoms with Crippen LogP contribution >= 0.6 is 0 Å². The molecule has 2 unspecified atom stereocenters. The second kappa shape index (κ2) is 8.15. The zero-order valence-electron chi connectivity index (χ0n) is 12.2. The minimum Gasteiger partial charge on any atom is -0.496 e. The number of methoxy groups -OCH3 is 1. The number of hydrogen-bond acceptors (Lipinski definition) is 2. The topological polar surface area (TPSA) is 21.3 Å². The SMILES string of the molecule is CCC(C)CC(CNC)Cc1ccccc1OC. The Morgan fingerprint density at radius 1 is 1.28 bits per heavy atom. The summed E-state index contributed by atoms with van der Waals surface area (Å²) in [4.78, 5) is 0. The van der Waals surface area contributed by atoms with Crippen LogP contribution < -0.4 is 10.1 Å². The van der Waals surface area contributed by atoms with E-state index in [0.29, 0.717) is 5.92 Å². The molecule has 0 aliphatic rings. The fourth-order valence-electron chi connectivity index (χ4n) is 2.45. The molecule has 0 radical (unpaired) electrons. The van der Waals surface area contributed by atoms with E-state index in [1.54, 1.807) is 7.11 Å². The van der Waals surface area contributed by atoms with Gasteiger partial charge in [0.25, 0.3) is 0 Å². The van der Waals surface area contributed by atoms with Gasteiger partial charge in [-0.25, -0.2) is 0 Å². The van der Waals surface area contributed by atoms with E-state index in [9.17, 15) is 0 Å². The highest BCUT2D eigenvalue weighted by atomic mass is 16.5. The third-order valence-corrected chi connectivity index (χ3v) is 3.63. The van der Waals surface area contributed by atoms with Crippen molar-refractivity contribution >= 4 is 0 Å². The Kier molecular flexibility index (Phi) is 6.81. The molecule has 1 N–H and O–H groups in total. The van der Waals surface area contributed by atoms with Gasteiger partial charge in [-0.05, 0) is 49.9 Å². The third kappa shape index (κ3) is 4.69. The van der Waals surface area contributed by atoms with Crippen LogP contribution in [0.2, 0.25) is 0 Å². The van der Waals surface area contributed by atoms with Crippen molar-refractivity contribution in [2.24, 2.45) is 11.8 Å². The van der Waals surface area contributed by atoms with Gasteiger partial charge in [0, 0.05) is 0 Å². The van der Waals surface area contributed by atoms with E-state index in [0.717, 1.165) is 24.6 Å². The van der Waals surface area contributed by atoms with Crippen molar-refractivity contribution in [3.05, 3.63) is 29.8 Å². The molecule has 0 aliphatic carbocycles. The van der Waals surface area contributed by atoms with Crippen LogP contribution in [0.15, 0.2) is 24.3 Å². The zero-order chi connectivity index (χ0) is 13.4. The lowest BCUT2D eigenvalue weighted by atomic mass is 9.88. The first-order valence-corrected chi connectivity index (χ1v) is 6.97. The highest BCUT2D eigenvalue weighted by Crippen LogP contribution is 2.24. The summed E-state index contributed by atoms with van der Waals surface area (Å²) in [5.41, 5.74) is 1.32. The van der Waals surface area contributed by atoms with E-state index in [2.05, 4.69) is 37.4 Å². The monoisotopic (exact) mass is 249 g/mol. The summed E-state index contributed by atoms with van der Waals surface area (Å²) < 4.78 is 5.44. The summed E-state index contributed by atoms with van der Waals surface area (Å²) in [6.45, 7) is 5.68. The Labute approximate surface area is 112 Å². The number of ether oxygens (including phenoxy) is 1. The van der Waals surface area contributed by atoms with E-state index >= 15 is 0 Å². The van der Waals surface area contributed by atoms with E-state index in [-0.39, 0.29) is 0 Å². The molecule has 0 amide bonds. The van der Waals surface area contributed by atoms with E-state index in [1.807, 2.05) is 13.1 Å². The minimum atomic E-state index is 0.682. The number of para-hydroxylation sites is 1. The molecule has 18 heavy (non-hydrogen) atoms. The second-order valence-corrected chi connectivity index (χ2v) is 5.19. The van der Waals surface area contributed by atoms with Gasteiger partial charge in [-0.3, -0.25) is 0 Å². The lowest BCUT2D eigenvalue weighted by molar-refractivity contribution is 0.361. The standard InChI is InChI=1S/C16H27NO/c1-5-13(2)10-14(12-17-3)11-15-8-6-7-9-16(15)18-4/h6-9,13-14,17H,5,10-12H2,1-4H3. The molecular weight excluding hydrogens is 222 g/mol. The van der Waals surface area contributed by atoms with Crippen LogP contribution in [0.3, 0.4) is 0 Å². The molecule has 0 spiro atoms. The van der Waals surface area contributed by atoms with Crippen LogP contribution in [-0.2, 0) is 6.42 Å². The zero-order valence-corrected chi connectivity index (χ0v) is 12.2. The van der Waals surface area contributed by atoms with Crippen molar-refractivity contribution in [1.29, 1.82) is 0 Å². The van der Waals surface area contributed by atoms with Gasteiger partial charge < -0.3 is 10.1 Å². The van der Waals surface area contributed by atoms with Crippen molar-refractivity contribution in [2.75, 3.05) is 20.7 Å². The molecule has 0 saturated heterocycles. The molecule has 0 fully saturated rings. The normalized spacial score (nSPS) is 14.2. The number of nitrogens with one attached hydrogen (secondary N) is 1. The van der Waals surface area contributed by atoms with Crippen LogP contribution in [0, 0.1) is 11.8 Å². The van der Waals surface area contributed by atoms with Gasteiger partial charge in [-0.1, -0.05) is 38.5 Å². The van der Waals surface area contributed by atoms with Gasteiger partial charge in [-0.2, -0.15) is 0 Å². The fourth-order valence-corrected chi connectivity index (χ4v) is 2.45. The summed E-state index contributed by atoms with van der Waals surface area (Å²) in [7, 11) is 3.78. The predicted molar refractivity (Wildman–Crippen MR) is 78.2 cm³/mol. The molecular formula is C16H27NO. The van der Waals surface area contributed by atoms with Gasteiger partial charge >= 0.3 is 0 Å². The van der Waals surface area contributed by atoms with E-state index in [1.165, 1.54) is 18.4 Å². The molecule has 0 bridgehead atoms. The van der Waals surface area contributed by atoms with Crippen LogP contribution in [0.4, 0.5) is 0 Å². The van der Waals surface area contributed by atoms with Gasteiger partial charge in [0.05, 0.1) is 7.11 Å². The van der Waals surface area contributed by atoms with Crippen molar-refractivity contribution in [3.8, 4) is 5.75 Å². The van der Waals surface area contributed by atoms with Crippen molar-refractivity contribution in [3.63, 3.8) is 0 Å². The summed E-state index contributed by atoms with van der Waals surface area (Å²) in [6.07, 6.45) is 3.62. The molecule has 0 aliphatic heterocycles. The van der Waals surface area contributed by atoms with Crippen LogP contribution in [-0.4, -0.2) is 20.7 Å². The summed E-state index contributed by atoms with van der Waals surface area (Å²) >= 11 is 0. The molecule has 2 heteroatoms. The molecule has 0 heterocycles. The van der Waals surface area contributed by atoms with Gasteiger partial charge in [0.2, 0.25) is 0 Å². The molecule has 0 saturated carbocycles. The quantitative estimate of drug-likeness (QED) is 0.761. The van der Waals surface area contributed by atoms with Gasteiger partial charge in [0.1, 0.15) is 5.75 Å². The van der Waals surface area contributed by atoms with Crippen LogP contribution in [0.5, 0.6) is 5.75 Å². The highest BCUT2D eigenvalue weighted by molar-refractivity contribution is 5.33. The Balaban J connectivity index is 2.69. The smallest absolute Gasteiger partial charge is 0.122 e. The first-order chi connectivity index (χ1) is 8.71. The Bertz CT molecular complexity index is 338. The molecule has 102 valence electrons. The van der Waals surface area contributed by atoms with Crippen molar-refractivity contribution in [1.82, 2.24) is 5.32 Å². The lowest BCUT2D eigenvalue weighted by Crippen LogP contribution is -2.22. The Hall–Kier alpha value is -1.02. The molecule has 1 aromatic rings. The molecule has 1 aromatic carbocycles. The van der Waals surface area contributed by atoms with E-state index < -0.39 is 0 Å². The van der Waals surface area contributed by atoms with E-state index in [4.69, 9.17) is 4.74 Å². The van der Waals surface area contributed by atoms with Gasteiger partial charge in [0.15, 0.2) is 0 Å². The Morgan fingerprint density at radius 2 is 2.00 bits per heavy atom.